The monoisotopic (exact) mass is 497 g/mol. The van der Waals surface area contributed by atoms with Gasteiger partial charge >= 0.3 is 0 Å². The number of nitrogens with one attached hydrogen (secondary N) is 2. The van der Waals surface area contributed by atoms with Crippen LogP contribution in [0.3, 0.4) is 0 Å². The maximum absolute atomic E-state index is 12.8. The first-order valence-electron chi connectivity index (χ1n) is 10.9. The Morgan fingerprint density at radius 3 is 2.34 bits per heavy atom. The van der Waals surface area contributed by atoms with Gasteiger partial charge in [0.05, 0.1) is 28.8 Å². The zero-order chi connectivity index (χ0) is 25.4. The summed E-state index contributed by atoms with van der Waals surface area (Å²) in [6.07, 6.45) is 1.53. The van der Waals surface area contributed by atoms with Crippen molar-refractivity contribution in [3.05, 3.63) is 82.4 Å². The number of ether oxygens (including phenoxy) is 1. The van der Waals surface area contributed by atoms with Gasteiger partial charge in [0.1, 0.15) is 11.4 Å². The SMILES string of the molecule is CCN(CC)c1ccc(C=NNc2ccc(S(=O)(=O)Nc3ccccc3OC)cc2[N+](=O)[O-])cc1. The number of nitro groups is 1. The molecule has 0 aliphatic carbocycles. The lowest BCUT2D eigenvalue weighted by atomic mass is 10.2. The highest BCUT2D eigenvalue weighted by atomic mass is 32.2. The van der Waals surface area contributed by atoms with E-state index in [1.165, 1.54) is 31.5 Å². The van der Waals surface area contributed by atoms with Crippen molar-refractivity contribution in [1.82, 2.24) is 0 Å². The normalized spacial score (nSPS) is 11.3. The van der Waals surface area contributed by atoms with E-state index < -0.39 is 20.6 Å². The van der Waals surface area contributed by atoms with Crippen LogP contribution >= 0.6 is 0 Å². The molecule has 11 heteroatoms. The highest BCUT2D eigenvalue weighted by molar-refractivity contribution is 7.92. The van der Waals surface area contributed by atoms with Crippen molar-refractivity contribution >= 4 is 39.0 Å². The van der Waals surface area contributed by atoms with Gasteiger partial charge in [-0.15, -0.1) is 0 Å². The topological polar surface area (TPSA) is 126 Å². The molecule has 3 aromatic rings. The molecule has 0 aromatic heterocycles. The molecule has 184 valence electrons. The first-order chi connectivity index (χ1) is 16.8. The summed E-state index contributed by atoms with van der Waals surface area (Å²) in [6, 6.07) is 17.8. The zero-order valence-corrected chi connectivity index (χ0v) is 20.5. The maximum Gasteiger partial charge on any atom is 0.295 e. The zero-order valence-electron chi connectivity index (χ0n) is 19.6. The minimum absolute atomic E-state index is 0.0576. The summed E-state index contributed by atoms with van der Waals surface area (Å²) < 4.78 is 33.2. The van der Waals surface area contributed by atoms with Gasteiger partial charge in [-0.05, 0) is 55.8 Å². The lowest BCUT2D eigenvalue weighted by Gasteiger charge is -2.20. The van der Waals surface area contributed by atoms with E-state index in [-0.39, 0.29) is 16.3 Å². The summed E-state index contributed by atoms with van der Waals surface area (Å²) in [7, 11) is -2.69. The van der Waals surface area contributed by atoms with Gasteiger partial charge in [-0.1, -0.05) is 24.3 Å². The number of sulfonamides is 1. The Labute approximate surface area is 204 Å². The predicted molar refractivity (Wildman–Crippen MR) is 138 cm³/mol. The van der Waals surface area contributed by atoms with Crippen LogP contribution in [0, 0.1) is 10.1 Å². The van der Waals surface area contributed by atoms with Gasteiger partial charge in [0, 0.05) is 24.8 Å². The Kier molecular flexibility index (Phi) is 8.26. The van der Waals surface area contributed by atoms with Crippen molar-refractivity contribution in [2.45, 2.75) is 18.7 Å². The second-order valence-electron chi connectivity index (χ2n) is 7.38. The molecule has 0 radical (unpaired) electrons. The van der Waals surface area contributed by atoms with Gasteiger partial charge in [-0.25, -0.2) is 8.42 Å². The molecule has 0 fully saturated rings. The van der Waals surface area contributed by atoms with Crippen LogP contribution in [0.2, 0.25) is 0 Å². The summed E-state index contributed by atoms with van der Waals surface area (Å²) >= 11 is 0. The second-order valence-corrected chi connectivity index (χ2v) is 9.06. The lowest BCUT2D eigenvalue weighted by Crippen LogP contribution is -2.21. The predicted octanol–water partition coefficient (Wildman–Crippen LogP) is 4.70. The second kappa shape index (κ2) is 11.3. The minimum atomic E-state index is -4.10. The molecule has 0 aliphatic rings. The van der Waals surface area contributed by atoms with Gasteiger partial charge in [0.15, 0.2) is 0 Å². The molecule has 0 atom stereocenters. The third-order valence-corrected chi connectivity index (χ3v) is 6.61. The molecule has 10 nitrogen and oxygen atoms in total. The molecule has 0 bridgehead atoms. The van der Waals surface area contributed by atoms with Crippen LogP contribution in [0.25, 0.3) is 0 Å². The third-order valence-electron chi connectivity index (χ3n) is 5.25. The molecular weight excluding hydrogens is 470 g/mol. The standard InChI is InChI=1S/C24H27N5O5S/c1-4-28(5-2)19-12-10-18(11-13-19)17-25-26-21-15-14-20(16-23(21)29(30)31)35(32,33)27-22-8-6-7-9-24(22)34-3/h6-17,26-27H,4-5H2,1-3H3. The van der Waals surface area contributed by atoms with Crippen molar-refractivity contribution in [3.8, 4) is 5.75 Å². The van der Waals surface area contributed by atoms with Crippen molar-refractivity contribution in [3.63, 3.8) is 0 Å². The molecule has 0 unspecified atom stereocenters. The van der Waals surface area contributed by atoms with Crippen LogP contribution in [0.5, 0.6) is 5.75 Å². The minimum Gasteiger partial charge on any atom is -0.495 e. The summed E-state index contributed by atoms with van der Waals surface area (Å²) in [4.78, 5) is 12.9. The largest absolute Gasteiger partial charge is 0.495 e. The molecule has 0 saturated heterocycles. The Bertz CT molecular complexity index is 1310. The van der Waals surface area contributed by atoms with Crippen LogP contribution in [0.4, 0.5) is 22.7 Å². The fourth-order valence-corrected chi connectivity index (χ4v) is 4.48. The van der Waals surface area contributed by atoms with Gasteiger partial charge in [-0.2, -0.15) is 5.10 Å². The van der Waals surface area contributed by atoms with E-state index in [0.717, 1.165) is 30.4 Å². The molecule has 0 saturated carbocycles. The van der Waals surface area contributed by atoms with Crippen LogP contribution in [-0.2, 0) is 10.0 Å². The molecule has 35 heavy (non-hydrogen) atoms. The number of hydrogen-bond acceptors (Lipinski definition) is 8. The molecule has 0 spiro atoms. The first-order valence-corrected chi connectivity index (χ1v) is 12.4. The van der Waals surface area contributed by atoms with Crippen molar-refractivity contribution in [2.75, 3.05) is 35.2 Å². The molecule has 2 N–H and O–H groups in total. The smallest absolute Gasteiger partial charge is 0.295 e. The van der Waals surface area contributed by atoms with E-state index in [4.69, 9.17) is 4.74 Å². The average molecular weight is 498 g/mol. The molecule has 0 aliphatic heterocycles. The van der Waals surface area contributed by atoms with E-state index in [0.29, 0.717) is 5.75 Å². The number of hydrogen-bond donors (Lipinski definition) is 2. The molecule has 3 aromatic carbocycles. The van der Waals surface area contributed by atoms with Gasteiger partial charge in [-0.3, -0.25) is 20.3 Å². The summed E-state index contributed by atoms with van der Waals surface area (Å²) in [5.74, 6) is 0.323. The number of benzene rings is 3. The highest BCUT2D eigenvalue weighted by Gasteiger charge is 2.22. The number of anilines is 3. The average Bonchev–Trinajstić information content (AvgIpc) is 2.85. The number of methoxy groups -OCH3 is 1. The van der Waals surface area contributed by atoms with E-state index >= 15 is 0 Å². The van der Waals surface area contributed by atoms with E-state index in [2.05, 4.69) is 34.0 Å². The van der Waals surface area contributed by atoms with Crippen LogP contribution in [-0.4, -0.2) is 39.8 Å². The Balaban J connectivity index is 1.79. The fourth-order valence-electron chi connectivity index (χ4n) is 3.39. The number of hydrazone groups is 1. The Morgan fingerprint density at radius 1 is 1.03 bits per heavy atom. The van der Waals surface area contributed by atoms with Gasteiger partial charge in [0.25, 0.3) is 15.7 Å². The van der Waals surface area contributed by atoms with Crippen LogP contribution < -0.4 is 19.8 Å². The van der Waals surface area contributed by atoms with Gasteiger partial charge in [0.2, 0.25) is 0 Å². The summed E-state index contributed by atoms with van der Waals surface area (Å²) in [6.45, 7) is 5.96. The number of rotatable bonds is 11. The van der Waals surface area contributed by atoms with E-state index in [1.807, 2.05) is 24.3 Å². The molecule has 0 heterocycles. The molecule has 3 rings (SSSR count). The Morgan fingerprint density at radius 2 is 1.71 bits per heavy atom. The van der Waals surface area contributed by atoms with Crippen molar-refractivity contribution in [1.29, 1.82) is 0 Å². The maximum atomic E-state index is 12.8. The summed E-state index contributed by atoms with van der Waals surface area (Å²) in [5, 5.41) is 15.7. The van der Waals surface area contributed by atoms with Crippen molar-refractivity contribution in [2.24, 2.45) is 5.10 Å². The van der Waals surface area contributed by atoms with Crippen LogP contribution in [0.15, 0.2) is 76.7 Å². The van der Waals surface area contributed by atoms with E-state index in [1.54, 1.807) is 18.2 Å². The van der Waals surface area contributed by atoms with E-state index in [9.17, 15) is 18.5 Å². The number of nitro benzene ring substituents is 1. The Hall–Kier alpha value is -4.12. The molecular formula is C24H27N5O5S. The number of para-hydroxylation sites is 2. The third kappa shape index (κ3) is 6.27. The first kappa shape index (κ1) is 25.5. The van der Waals surface area contributed by atoms with Gasteiger partial charge < -0.3 is 9.64 Å². The highest BCUT2D eigenvalue weighted by Crippen LogP contribution is 2.30. The lowest BCUT2D eigenvalue weighted by molar-refractivity contribution is -0.384. The fraction of sp³-hybridized carbons (Fsp3) is 0.208. The quantitative estimate of drug-likeness (QED) is 0.223. The van der Waals surface area contributed by atoms with Crippen molar-refractivity contribution < 1.29 is 18.1 Å². The number of nitrogens with zero attached hydrogens (tertiary/aromatic N) is 3. The van der Waals surface area contributed by atoms with Crippen LogP contribution in [0.1, 0.15) is 19.4 Å². The summed E-state index contributed by atoms with van der Waals surface area (Å²) in [5.41, 5.74) is 4.37. The molecule has 0 amide bonds.